The summed E-state index contributed by atoms with van der Waals surface area (Å²) >= 11 is 11.9. The number of rotatable bonds is 3. The first-order valence-corrected chi connectivity index (χ1v) is 9.08. The summed E-state index contributed by atoms with van der Waals surface area (Å²) in [5.74, 6) is 1.47. The Balaban J connectivity index is 1.94. The van der Waals surface area contributed by atoms with Crippen LogP contribution in [0.5, 0.6) is 11.5 Å². The molecule has 0 saturated carbocycles. The van der Waals surface area contributed by atoms with Crippen molar-refractivity contribution in [2.45, 2.75) is 9.72 Å². The summed E-state index contributed by atoms with van der Waals surface area (Å²) in [6, 6.07) is 12.2. The minimum Gasteiger partial charge on any atom is -0.486 e. The van der Waals surface area contributed by atoms with Crippen molar-refractivity contribution in [3.63, 3.8) is 0 Å². The molecule has 0 bridgehead atoms. The number of alkyl halides is 1. The first kappa shape index (κ1) is 15.1. The van der Waals surface area contributed by atoms with E-state index in [0.717, 1.165) is 16.9 Å². The Morgan fingerprint density at radius 1 is 1.10 bits per heavy atom. The molecule has 1 aliphatic rings. The predicted molar refractivity (Wildman–Crippen MR) is 91.4 cm³/mol. The van der Waals surface area contributed by atoms with Gasteiger partial charge in [0.1, 0.15) is 13.2 Å². The largest absolute Gasteiger partial charge is 0.486 e. The van der Waals surface area contributed by atoms with Crippen LogP contribution in [-0.2, 0) is 0 Å². The Labute approximate surface area is 141 Å². The summed E-state index contributed by atoms with van der Waals surface area (Å²) in [4.78, 5) is 1.27. The molecule has 0 N–H and O–H groups in total. The lowest BCUT2D eigenvalue weighted by Gasteiger charge is -2.21. The molecule has 1 heterocycles. The fraction of sp³-hybridized carbons (Fsp3) is 0.250. The van der Waals surface area contributed by atoms with Crippen molar-refractivity contribution in [3.05, 3.63) is 52.5 Å². The molecule has 110 valence electrons. The van der Waals surface area contributed by atoms with Crippen molar-refractivity contribution in [3.8, 4) is 11.5 Å². The molecule has 21 heavy (non-hydrogen) atoms. The lowest BCUT2D eigenvalue weighted by Crippen LogP contribution is -2.15. The summed E-state index contributed by atoms with van der Waals surface area (Å²) in [6.45, 7) is 1.14. The molecule has 2 aromatic rings. The maximum Gasteiger partial charge on any atom is 0.162 e. The number of hydrogen-bond donors (Lipinski definition) is 0. The van der Waals surface area contributed by atoms with Crippen LogP contribution in [0.25, 0.3) is 0 Å². The first-order chi connectivity index (χ1) is 10.2. The van der Waals surface area contributed by atoms with Crippen molar-refractivity contribution >= 4 is 39.3 Å². The molecule has 2 nitrogen and oxygen atoms in total. The lowest BCUT2D eigenvalue weighted by molar-refractivity contribution is 0.171. The number of benzene rings is 2. The van der Waals surface area contributed by atoms with E-state index in [4.69, 9.17) is 21.1 Å². The quantitative estimate of drug-likeness (QED) is 0.526. The lowest BCUT2D eigenvalue weighted by atomic mass is 10.0. The van der Waals surface area contributed by atoms with Crippen molar-refractivity contribution in [1.82, 2.24) is 0 Å². The molecule has 0 aliphatic carbocycles. The van der Waals surface area contributed by atoms with Gasteiger partial charge in [-0.05, 0) is 35.6 Å². The summed E-state index contributed by atoms with van der Waals surface area (Å²) in [6.07, 6.45) is 2.07. The third kappa shape index (κ3) is 3.17. The van der Waals surface area contributed by atoms with Gasteiger partial charge in [0.25, 0.3) is 0 Å². The minimum atomic E-state index is 0.0248. The summed E-state index contributed by atoms with van der Waals surface area (Å²) in [7, 11) is 0. The van der Waals surface area contributed by atoms with Gasteiger partial charge in [-0.15, -0.1) is 11.8 Å². The molecule has 0 aromatic heterocycles. The average molecular weight is 386 g/mol. The third-order valence-corrected chi connectivity index (χ3v) is 5.44. The van der Waals surface area contributed by atoms with Crippen LogP contribution < -0.4 is 9.47 Å². The Bertz CT molecular complexity index is 645. The molecule has 1 unspecified atom stereocenters. The van der Waals surface area contributed by atoms with Crippen molar-refractivity contribution in [1.29, 1.82) is 0 Å². The van der Waals surface area contributed by atoms with Crippen molar-refractivity contribution < 1.29 is 9.47 Å². The van der Waals surface area contributed by atoms with E-state index in [-0.39, 0.29) is 4.83 Å². The molecule has 0 amide bonds. The molecule has 0 saturated heterocycles. The minimum absolute atomic E-state index is 0.0248. The molecular formula is C16H14BrClO2S. The van der Waals surface area contributed by atoms with E-state index in [1.165, 1.54) is 4.90 Å². The van der Waals surface area contributed by atoms with Gasteiger partial charge in [-0.3, -0.25) is 0 Å². The zero-order chi connectivity index (χ0) is 14.8. The zero-order valence-electron chi connectivity index (χ0n) is 11.4. The molecule has 3 rings (SSSR count). The fourth-order valence-corrected chi connectivity index (χ4v) is 3.71. The van der Waals surface area contributed by atoms with Gasteiger partial charge in [0.05, 0.1) is 4.83 Å². The smallest absolute Gasteiger partial charge is 0.162 e. The fourth-order valence-electron chi connectivity index (χ4n) is 2.23. The van der Waals surface area contributed by atoms with Crippen LogP contribution in [0.2, 0.25) is 5.02 Å². The maximum absolute atomic E-state index is 6.39. The normalized spacial score (nSPS) is 14.8. The zero-order valence-corrected chi connectivity index (χ0v) is 14.6. The SMILES string of the molecule is CSc1ccc(C(Br)c2cc3c(cc2Cl)OCCO3)cc1. The van der Waals surface area contributed by atoms with Crippen molar-refractivity contribution in [2.75, 3.05) is 19.5 Å². The van der Waals surface area contributed by atoms with E-state index in [1.807, 2.05) is 12.1 Å². The van der Waals surface area contributed by atoms with Gasteiger partial charge < -0.3 is 9.47 Å². The first-order valence-electron chi connectivity index (χ1n) is 6.56. The van der Waals surface area contributed by atoms with Crippen LogP contribution in [0.3, 0.4) is 0 Å². The second-order valence-electron chi connectivity index (χ2n) is 4.65. The Kier molecular flexibility index (Phi) is 4.67. The molecule has 1 atom stereocenters. The van der Waals surface area contributed by atoms with Crippen LogP contribution in [0.1, 0.15) is 16.0 Å². The predicted octanol–water partition coefficient (Wildman–Crippen LogP) is 5.32. The highest BCUT2D eigenvalue weighted by Gasteiger charge is 2.20. The van der Waals surface area contributed by atoms with E-state index in [9.17, 15) is 0 Å². The maximum atomic E-state index is 6.39. The number of ether oxygens (including phenoxy) is 2. The second kappa shape index (κ2) is 6.51. The number of fused-ring (bicyclic) bond motifs is 1. The summed E-state index contributed by atoms with van der Waals surface area (Å²) in [5, 5.41) is 0.676. The number of halogens is 2. The van der Waals surface area contributed by atoms with Crippen LogP contribution in [0.4, 0.5) is 0 Å². The van der Waals surface area contributed by atoms with Gasteiger partial charge in [-0.2, -0.15) is 0 Å². The molecular weight excluding hydrogens is 372 g/mol. The second-order valence-corrected chi connectivity index (χ2v) is 6.86. The third-order valence-electron chi connectivity index (χ3n) is 3.34. The van der Waals surface area contributed by atoms with Crippen LogP contribution >= 0.6 is 39.3 Å². The van der Waals surface area contributed by atoms with Gasteiger partial charge in [0.15, 0.2) is 11.5 Å². The van der Waals surface area contributed by atoms with Crippen LogP contribution in [0.15, 0.2) is 41.3 Å². The van der Waals surface area contributed by atoms with Gasteiger partial charge >= 0.3 is 0 Å². The Morgan fingerprint density at radius 2 is 1.71 bits per heavy atom. The van der Waals surface area contributed by atoms with E-state index in [2.05, 4.69) is 46.5 Å². The van der Waals surface area contributed by atoms with Crippen LogP contribution in [-0.4, -0.2) is 19.5 Å². The van der Waals surface area contributed by atoms with E-state index in [1.54, 1.807) is 11.8 Å². The molecule has 2 aromatic carbocycles. The highest BCUT2D eigenvalue weighted by atomic mass is 79.9. The summed E-state index contributed by atoms with van der Waals surface area (Å²) in [5.41, 5.74) is 2.14. The highest BCUT2D eigenvalue weighted by molar-refractivity contribution is 9.09. The monoisotopic (exact) mass is 384 g/mol. The molecule has 0 spiro atoms. The molecule has 0 radical (unpaired) electrons. The topological polar surface area (TPSA) is 18.5 Å². The standard InChI is InChI=1S/C16H14BrClO2S/c1-21-11-4-2-10(3-5-11)16(17)12-8-14-15(9-13(12)18)20-7-6-19-14/h2-5,8-9,16H,6-7H2,1H3. The van der Waals surface area contributed by atoms with E-state index in [0.29, 0.717) is 24.0 Å². The Hall–Kier alpha value is -0.840. The van der Waals surface area contributed by atoms with Crippen LogP contribution in [0, 0.1) is 0 Å². The van der Waals surface area contributed by atoms with Gasteiger partial charge in [-0.1, -0.05) is 39.7 Å². The molecule has 5 heteroatoms. The van der Waals surface area contributed by atoms with Gasteiger partial charge in [0, 0.05) is 16.0 Å². The van der Waals surface area contributed by atoms with Gasteiger partial charge in [-0.25, -0.2) is 0 Å². The number of thioether (sulfide) groups is 1. The van der Waals surface area contributed by atoms with Crippen molar-refractivity contribution in [2.24, 2.45) is 0 Å². The highest BCUT2D eigenvalue weighted by Crippen LogP contribution is 2.42. The average Bonchev–Trinajstić information content (AvgIpc) is 2.53. The Morgan fingerprint density at radius 3 is 2.33 bits per heavy atom. The molecule has 1 aliphatic heterocycles. The van der Waals surface area contributed by atoms with E-state index >= 15 is 0 Å². The van der Waals surface area contributed by atoms with E-state index < -0.39 is 0 Å². The van der Waals surface area contributed by atoms with Gasteiger partial charge in [0.2, 0.25) is 0 Å². The molecule has 0 fully saturated rings. The number of hydrogen-bond acceptors (Lipinski definition) is 3. The summed E-state index contributed by atoms with van der Waals surface area (Å²) < 4.78 is 11.2.